The summed E-state index contributed by atoms with van der Waals surface area (Å²) in [6.07, 6.45) is -4.86. The molecule has 0 bridgehead atoms. The van der Waals surface area contributed by atoms with Gasteiger partial charge in [-0.25, -0.2) is 0 Å². The van der Waals surface area contributed by atoms with Crippen molar-refractivity contribution in [3.8, 4) is 0 Å². The van der Waals surface area contributed by atoms with E-state index >= 15 is 0 Å². The summed E-state index contributed by atoms with van der Waals surface area (Å²) >= 11 is 0. The quantitative estimate of drug-likeness (QED) is 0.505. The molecule has 0 aromatic carbocycles. The van der Waals surface area contributed by atoms with E-state index in [0.29, 0.717) is 0 Å². The number of hydrogen-bond acceptors (Lipinski definition) is 9. The third-order valence-electron chi connectivity index (χ3n) is 3.84. The molecule has 1 aliphatic rings. The van der Waals surface area contributed by atoms with Gasteiger partial charge in [0, 0.05) is 27.7 Å². The predicted octanol–water partition coefficient (Wildman–Crippen LogP) is 1.16. The van der Waals surface area contributed by atoms with E-state index in [1.54, 1.807) is 0 Å². The molecular weight excluding hydrogens is 360 g/mol. The number of rotatable bonds is 5. The molecule has 1 saturated heterocycles. The van der Waals surface area contributed by atoms with Crippen LogP contribution in [0.1, 0.15) is 48.5 Å². The summed E-state index contributed by atoms with van der Waals surface area (Å²) in [6, 6.07) is 0. The molecular formula is C18H28O9. The molecule has 0 N–H and O–H groups in total. The fourth-order valence-corrected chi connectivity index (χ4v) is 2.93. The van der Waals surface area contributed by atoms with Crippen LogP contribution >= 0.6 is 0 Å². The monoisotopic (exact) mass is 388 g/mol. The van der Waals surface area contributed by atoms with Gasteiger partial charge in [0.15, 0.2) is 18.3 Å². The highest BCUT2D eigenvalue weighted by atomic mass is 16.7. The minimum absolute atomic E-state index is 0.218. The summed E-state index contributed by atoms with van der Waals surface area (Å²) in [4.78, 5) is 46.1. The van der Waals surface area contributed by atoms with Crippen LogP contribution in [0.15, 0.2) is 0 Å². The van der Waals surface area contributed by atoms with Crippen LogP contribution < -0.4 is 0 Å². The minimum atomic E-state index is -1.12. The molecule has 0 aromatic rings. The van der Waals surface area contributed by atoms with Crippen molar-refractivity contribution in [1.29, 1.82) is 0 Å². The van der Waals surface area contributed by atoms with Gasteiger partial charge in [0.1, 0.15) is 18.8 Å². The SMILES string of the molecule is CC(=O)OCC1O[C@@H](C(C)(C)C)C(OC(C)=O)C(OC(C)=O)[C@H]1OC(C)=O. The van der Waals surface area contributed by atoms with Crippen molar-refractivity contribution >= 4 is 23.9 Å². The molecule has 5 atom stereocenters. The van der Waals surface area contributed by atoms with Crippen molar-refractivity contribution in [3.63, 3.8) is 0 Å². The average Bonchev–Trinajstić information content (AvgIpc) is 2.46. The highest BCUT2D eigenvalue weighted by molar-refractivity contribution is 5.68. The molecule has 0 saturated carbocycles. The maximum atomic E-state index is 11.7. The predicted molar refractivity (Wildman–Crippen MR) is 91.4 cm³/mol. The second-order valence-corrected chi connectivity index (χ2v) is 7.49. The van der Waals surface area contributed by atoms with Crippen molar-refractivity contribution in [2.75, 3.05) is 6.61 Å². The van der Waals surface area contributed by atoms with Crippen LogP contribution in [0.25, 0.3) is 0 Å². The zero-order chi connectivity index (χ0) is 20.9. The highest BCUT2D eigenvalue weighted by Crippen LogP contribution is 2.37. The highest BCUT2D eigenvalue weighted by Gasteiger charge is 2.54. The molecule has 1 fully saturated rings. The van der Waals surface area contributed by atoms with Gasteiger partial charge in [-0.2, -0.15) is 0 Å². The third-order valence-corrected chi connectivity index (χ3v) is 3.84. The smallest absolute Gasteiger partial charge is 0.303 e. The van der Waals surface area contributed by atoms with Crippen molar-refractivity contribution in [3.05, 3.63) is 0 Å². The first-order valence-corrected chi connectivity index (χ1v) is 8.63. The molecule has 9 nitrogen and oxygen atoms in total. The molecule has 3 unspecified atom stereocenters. The van der Waals surface area contributed by atoms with Crippen molar-refractivity contribution < 1.29 is 42.9 Å². The standard InChI is InChI=1S/C18H28O9/c1-9(19)23-8-13-14(24-10(2)20)15(25-11(3)21)16(26-12(4)22)17(27-13)18(5,6)7/h13-17H,8H2,1-7H3/t13?,14-,15?,16?,17+/m0/s1. The Morgan fingerprint density at radius 3 is 1.59 bits per heavy atom. The van der Waals surface area contributed by atoms with Gasteiger partial charge < -0.3 is 23.7 Å². The molecule has 1 heterocycles. The fourth-order valence-electron chi connectivity index (χ4n) is 2.93. The molecule has 1 aliphatic heterocycles. The third kappa shape index (κ3) is 6.82. The van der Waals surface area contributed by atoms with Gasteiger partial charge in [-0.1, -0.05) is 20.8 Å². The molecule has 154 valence electrons. The van der Waals surface area contributed by atoms with Crippen molar-refractivity contribution in [2.24, 2.45) is 5.41 Å². The average molecular weight is 388 g/mol. The summed E-state index contributed by atoms with van der Waals surface area (Å²) in [5.74, 6) is -2.44. The lowest BCUT2D eigenvalue weighted by Crippen LogP contribution is -2.64. The van der Waals surface area contributed by atoms with Crippen LogP contribution in [0, 0.1) is 5.41 Å². The number of hydrogen-bond donors (Lipinski definition) is 0. The summed E-state index contributed by atoms with van der Waals surface area (Å²) in [5, 5.41) is 0. The Morgan fingerprint density at radius 1 is 0.741 bits per heavy atom. The van der Waals surface area contributed by atoms with Crippen LogP contribution in [-0.2, 0) is 42.9 Å². The van der Waals surface area contributed by atoms with E-state index in [-0.39, 0.29) is 6.61 Å². The van der Waals surface area contributed by atoms with Crippen molar-refractivity contribution in [2.45, 2.75) is 79.0 Å². The van der Waals surface area contributed by atoms with Gasteiger partial charge in [0.25, 0.3) is 0 Å². The Balaban J connectivity index is 3.36. The first-order chi connectivity index (χ1) is 12.3. The first kappa shape index (κ1) is 22.9. The lowest BCUT2D eigenvalue weighted by atomic mass is 9.80. The van der Waals surface area contributed by atoms with Crippen molar-refractivity contribution in [1.82, 2.24) is 0 Å². The summed E-state index contributed by atoms with van der Waals surface area (Å²) < 4.78 is 27.1. The van der Waals surface area contributed by atoms with Crippen LogP contribution in [0.5, 0.6) is 0 Å². The molecule has 0 radical (unpaired) electrons. The van der Waals surface area contributed by atoms with E-state index in [1.165, 1.54) is 27.7 Å². The summed E-state index contributed by atoms with van der Waals surface area (Å²) in [7, 11) is 0. The Morgan fingerprint density at radius 2 is 1.19 bits per heavy atom. The van der Waals surface area contributed by atoms with Crippen LogP contribution in [-0.4, -0.2) is 61.0 Å². The molecule has 0 aliphatic carbocycles. The second-order valence-electron chi connectivity index (χ2n) is 7.49. The first-order valence-electron chi connectivity index (χ1n) is 8.63. The second kappa shape index (κ2) is 9.16. The van der Waals surface area contributed by atoms with Crippen LogP contribution in [0.2, 0.25) is 0 Å². The minimum Gasteiger partial charge on any atom is -0.463 e. The molecule has 0 aromatic heterocycles. The normalized spacial score (nSPS) is 28.0. The molecule has 9 heteroatoms. The topological polar surface area (TPSA) is 114 Å². The van der Waals surface area contributed by atoms with E-state index in [2.05, 4.69) is 0 Å². The van der Waals surface area contributed by atoms with Gasteiger partial charge in [0.2, 0.25) is 0 Å². The molecule has 0 spiro atoms. The molecule has 1 rings (SSSR count). The number of carbonyl (C=O) groups excluding carboxylic acids is 4. The number of esters is 4. The van der Waals surface area contributed by atoms with Gasteiger partial charge in [-0.05, 0) is 5.41 Å². The number of carbonyl (C=O) groups is 4. The largest absolute Gasteiger partial charge is 0.463 e. The molecule has 27 heavy (non-hydrogen) atoms. The Kier molecular flexibility index (Phi) is 7.77. The van der Waals surface area contributed by atoms with Gasteiger partial charge in [-0.3, -0.25) is 19.2 Å². The lowest BCUT2D eigenvalue weighted by molar-refractivity contribution is -0.267. The zero-order valence-electron chi connectivity index (χ0n) is 16.8. The van der Waals surface area contributed by atoms with Crippen LogP contribution in [0.4, 0.5) is 0 Å². The zero-order valence-corrected chi connectivity index (χ0v) is 16.8. The fraction of sp³-hybridized carbons (Fsp3) is 0.778. The van der Waals surface area contributed by atoms with Gasteiger partial charge >= 0.3 is 23.9 Å². The number of ether oxygens (including phenoxy) is 5. The van der Waals surface area contributed by atoms with E-state index in [9.17, 15) is 19.2 Å². The van der Waals surface area contributed by atoms with E-state index < -0.39 is 59.8 Å². The Labute approximate surface area is 158 Å². The summed E-state index contributed by atoms with van der Waals surface area (Å²) in [6.45, 7) is 10.2. The Bertz CT molecular complexity index is 578. The van der Waals surface area contributed by atoms with E-state index in [4.69, 9.17) is 23.7 Å². The maximum Gasteiger partial charge on any atom is 0.303 e. The van der Waals surface area contributed by atoms with E-state index in [1.807, 2.05) is 20.8 Å². The van der Waals surface area contributed by atoms with Gasteiger partial charge in [-0.15, -0.1) is 0 Å². The maximum absolute atomic E-state index is 11.7. The van der Waals surface area contributed by atoms with Crippen LogP contribution in [0.3, 0.4) is 0 Å². The van der Waals surface area contributed by atoms with E-state index in [0.717, 1.165) is 0 Å². The lowest BCUT2D eigenvalue weighted by Gasteiger charge is -2.48. The van der Waals surface area contributed by atoms with Gasteiger partial charge in [0.05, 0.1) is 0 Å². The Hall–Kier alpha value is -2.16. The molecule has 0 amide bonds. The summed E-state index contributed by atoms with van der Waals surface area (Å²) in [5.41, 5.74) is -0.534.